The van der Waals surface area contributed by atoms with Crippen LogP contribution in [0.1, 0.15) is 5.56 Å². The van der Waals surface area contributed by atoms with E-state index < -0.39 is 0 Å². The van der Waals surface area contributed by atoms with E-state index >= 15 is 0 Å². The maximum atomic E-state index is 13.1. The lowest BCUT2D eigenvalue weighted by Gasteiger charge is -2.15. The van der Waals surface area contributed by atoms with E-state index in [4.69, 9.17) is 26.4 Å². The van der Waals surface area contributed by atoms with Crippen molar-refractivity contribution in [3.8, 4) is 17.2 Å². The zero-order chi connectivity index (χ0) is 24.8. The lowest BCUT2D eigenvalue weighted by molar-refractivity contribution is 0.324. The molecular formula is C24H23FN6O3S. The van der Waals surface area contributed by atoms with Crippen molar-refractivity contribution in [1.29, 1.82) is 0 Å². The first kappa shape index (κ1) is 23.9. The van der Waals surface area contributed by atoms with E-state index in [1.54, 1.807) is 63.9 Å². The number of pyridine rings is 1. The van der Waals surface area contributed by atoms with Gasteiger partial charge in [-0.3, -0.25) is 0 Å². The lowest BCUT2D eigenvalue weighted by Crippen LogP contribution is -2.28. The molecule has 0 fully saturated rings. The molecule has 180 valence electrons. The van der Waals surface area contributed by atoms with E-state index in [0.717, 1.165) is 5.56 Å². The highest BCUT2D eigenvalue weighted by atomic mass is 32.1. The molecule has 0 unspecified atom stereocenters. The fourth-order valence-corrected chi connectivity index (χ4v) is 3.45. The van der Waals surface area contributed by atoms with Crippen molar-refractivity contribution in [3.05, 3.63) is 66.1 Å². The lowest BCUT2D eigenvalue weighted by atomic mass is 10.2. The number of thiocarbonyl (C=S) groups is 1. The van der Waals surface area contributed by atoms with Crippen LogP contribution in [0.4, 0.5) is 21.7 Å². The van der Waals surface area contributed by atoms with Gasteiger partial charge in [-0.1, -0.05) is 12.1 Å². The molecule has 35 heavy (non-hydrogen) atoms. The molecule has 0 radical (unpaired) electrons. The second-order valence-corrected chi connectivity index (χ2v) is 7.68. The van der Waals surface area contributed by atoms with Crippen molar-refractivity contribution in [3.63, 3.8) is 0 Å². The third-order valence-electron chi connectivity index (χ3n) is 4.95. The number of aromatic nitrogens is 3. The molecule has 0 aliphatic carbocycles. The Hall–Kier alpha value is -4.25. The van der Waals surface area contributed by atoms with Crippen LogP contribution in [0.2, 0.25) is 0 Å². The van der Waals surface area contributed by atoms with Gasteiger partial charge in [0, 0.05) is 24.4 Å². The Morgan fingerprint density at radius 3 is 2.26 bits per heavy atom. The minimum atomic E-state index is -0.282. The van der Waals surface area contributed by atoms with Gasteiger partial charge in [0.1, 0.15) is 17.2 Å². The number of ether oxygens (including phenoxy) is 3. The number of rotatable bonds is 8. The van der Waals surface area contributed by atoms with Crippen LogP contribution in [0, 0.1) is 5.82 Å². The van der Waals surface area contributed by atoms with Gasteiger partial charge >= 0.3 is 0 Å². The third-order valence-corrected chi connectivity index (χ3v) is 5.20. The minimum absolute atomic E-state index is 0.282. The van der Waals surface area contributed by atoms with E-state index in [0.29, 0.717) is 57.4 Å². The Kier molecular flexibility index (Phi) is 7.36. The molecule has 2 heterocycles. The van der Waals surface area contributed by atoms with Gasteiger partial charge in [0.15, 0.2) is 28.1 Å². The molecule has 4 aromatic rings. The maximum Gasteiger partial charge on any atom is 0.203 e. The highest BCUT2D eigenvalue weighted by Crippen LogP contribution is 2.40. The van der Waals surface area contributed by atoms with Crippen LogP contribution in [-0.4, -0.2) is 41.4 Å². The van der Waals surface area contributed by atoms with E-state index in [1.807, 2.05) is 0 Å². The SMILES string of the molecule is COc1cc(Nc2cnc3ccc(NC(=S)NCc4ccc(F)cc4)nc3n2)cc(OC)c1OC. The normalized spacial score (nSPS) is 10.5. The number of fused-ring (bicyclic) bond motifs is 1. The average molecular weight is 495 g/mol. The van der Waals surface area contributed by atoms with Crippen LogP contribution < -0.4 is 30.2 Å². The van der Waals surface area contributed by atoms with Crippen molar-refractivity contribution < 1.29 is 18.6 Å². The molecule has 9 nitrogen and oxygen atoms in total. The number of halogens is 1. The standard InChI is InChI=1S/C24H23FN6O3S/c1-32-18-10-16(11-19(33-2)22(18)34-3)28-21-13-26-17-8-9-20(29-23(17)30-21)31-24(35)27-12-14-4-6-15(25)7-5-14/h4-11,13H,12H2,1-3H3,(H3,27,28,29,30,31,35). The molecule has 0 aliphatic heterocycles. The van der Waals surface area contributed by atoms with Gasteiger partial charge in [-0.2, -0.15) is 0 Å². The molecule has 4 rings (SSSR count). The van der Waals surface area contributed by atoms with E-state index in [9.17, 15) is 4.39 Å². The average Bonchev–Trinajstić information content (AvgIpc) is 2.87. The monoisotopic (exact) mass is 494 g/mol. The first-order valence-corrected chi connectivity index (χ1v) is 10.9. The number of nitrogens with one attached hydrogen (secondary N) is 3. The van der Waals surface area contributed by atoms with Crippen molar-refractivity contribution in [2.24, 2.45) is 0 Å². The molecule has 0 saturated heterocycles. The summed E-state index contributed by atoms with van der Waals surface area (Å²) < 4.78 is 29.2. The summed E-state index contributed by atoms with van der Waals surface area (Å²) in [5, 5.41) is 9.65. The van der Waals surface area contributed by atoms with E-state index in [2.05, 4.69) is 30.9 Å². The van der Waals surface area contributed by atoms with Crippen LogP contribution >= 0.6 is 12.2 Å². The summed E-state index contributed by atoms with van der Waals surface area (Å²) in [7, 11) is 4.65. The second kappa shape index (κ2) is 10.8. The van der Waals surface area contributed by atoms with Gasteiger partial charge in [-0.05, 0) is 42.0 Å². The molecule has 3 N–H and O–H groups in total. The highest BCUT2D eigenvalue weighted by molar-refractivity contribution is 7.80. The van der Waals surface area contributed by atoms with Crippen LogP contribution in [0.15, 0.2) is 54.7 Å². The molecule has 0 atom stereocenters. The Morgan fingerprint density at radius 1 is 0.914 bits per heavy atom. The van der Waals surface area contributed by atoms with Gasteiger partial charge in [0.2, 0.25) is 5.75 Å². The fraction of sp³-hybridized carbons (Fsp3) is 0.167. The Labute approximate surface area is 206 Å². The molecule has 0 amide bonds. The largest absolute Gasteiger partial charge is 0.493 e. The van der Waals surface area contributed by atoms with Crippen molar-refractivity contribution in [2.75, 3.05) is 32.0 Å². The Morgan fingerprint density at radius 2 is 1.60 bits per heavy atom. The topological polar surface area (TPSA) is 102 Å². The summed E-state index contributed by atoms with van der Waals surface area (Å²) in [5.74, 6) is 2.21. The number of methoxy groups -OCH3 is 3. The van der Waals surface area contributed by atoms with Gasteiger partial charge in [-0.25, -0.2) is 19.3 Å². The predicted octanol–water partition coefficient (Wildman–Crippen LogP) is 4.42. The quantitative estimate of drug-likeness (QED) is 0.305. The summed E-state index contributed by atoms with van der Waals surface area (Å²) in [6.45, 7) is 0.447. The van der Waals surface area contributed by atoms with Crippen molar-refractivity contribution in [1.82, 2.24) is 20.3 Å². The van der Waals surface area contributed by atoms with Crippen LogP contribution in [-0.2, 0) is 6.54 Å². The Balaban J connectivity index is 1.48. The minimum Gasteiger partial charge on any atom is -0.493 e. The molecule has 0 aliphatic rings. The molecular weight excluding hydrogens is 471 g/mol. The summed E-state index contributed by atoms with van der Waals surface area (Å²) in [6.07, 6.45) is 1.61. The van der Waals surface area contributed by atoms with Crippen LogP contribution in [0.25, 0.3) is 11.2 Å². The number of nitrogens with zero attached hydrogens (tertiary/aromatic N) is 3. The smallest absolute Gasteiger partial charge is 0.203 e. The molecule has 2 aromatic heterocycles. The van der Waals surface area contributed by atoms with Crippen molar-refractivity contribution in [2.45, 2.75) is 6.54 Å². The van der Waals surface area contributed by atoms with Crippen molar-refractivity contribution >= 4 is 45.8 Å². The highest BCUT2D eigenvalue weighted by Gasteiger charge is 2.14. The number of anilines is 3. The van der Waals surface area contributed by atoms with Gasteiger partial charge in [-0.15, -0.1) is 0 Å². The maximum absolute atomic E-state index is 13.1. The molecule has 0 spiro atoms. The molecule has 0 bridgehead atoms. The molecule has 0 saturated carbocycles. The summed E-state index contributed by atoms with van der Waals surface area (Å²) in [4.78, 5) is 13.5. The zero-order valence-electron chi connectivity index (χ0n) is 19.3. The number of hydrogen-bond acceptors (Lipinski definition) is 8. The predicted molar refractivity (Wildman–Crippen MR) is 136 cm³/mol. The Bertz CT molecular complexity index is 1330. The summed E-state index contributed by atoms with van der Waals surface area (Å²) in [5.41, 5.74) is 2.62. The summed E-state index contributed by atoms with van der Waals surface area (Å²) >= 11 is 5.35. The number of benzene rings is 2. The fourth-order valence-electron chi connectivity index (χ4n) is 3.27. The van der Waals surface area contributed by atoms with Gasteiger partial charge in [0.25, 0.3) is 0 Å². The molecule has 11 heteroatoms. The first-order valence-electron chi connectivity index (χ1n) is 10.5. The zero-order valence-corrected chi connectivity index (χ0v) is 20.1. The van der Waals surface area contributed by atoms with E-state index in [1.165, 1.54) is 12.1 Å². The van der Waals surface area contributed by atoms with Crippen LogP contribution in [0.5, 0.6) is 17.2 Å². The van der Waals surface area contributed by atoms with E-state index in [-0.39, 0.29) is 5.82 Å². The first-order chi connectivity index (χ1) is 17.0. The van der Waals surface area contributed by atoms with Gasteiger partial charge in [0.05, 0.1) is 27.5 Å². The summed E-state index contributed by atoms with van der Waals surface area (Å²) in [6, 6.07) is 13.3. The van der Waals surface area contributed by atoms with Gasteiger partial charge < -0.3 is 30.2 Å². The molecule has 2 aromatic carbocycles. The number of hydrogen-bond donors (Lipinski definition) is 3. The second-order valence-electron chi connectivity index (χ2n) is 7.27. The third kappa shape index (κ3) is 5.82. The van der Waals surface area contributed by atoms with Crippen LogP contribution in [0.3, 0.4) is 0 Å².